The highest BCUT2D eigenvalue weighted by molar-refractivity contribution is 5.28. The van der Waals surface area contributed by atoms with Crippen molar-refractivity contribution in [1.82, 2.24) is 10.6 Å². The van der Waals surface area contributed by atoms with Crippen LogP contribution in [0, 0.1) is 0 Å². The average Bonchev–Trinajstić information content (AvgIpc) is 2.39. The first-order chi connectivity index (χ1) is 8.38. The van der Waals surface area contributed by atoms with Crippen LogP contribution in [0.3, 0.4) is 0 Å². The van der Waals surface area contributed by atoms with Gasteiger partial charge in [0.25, 0.3) is 0 Å². The van der Waals surface area contributed by atoms with Gasteiger partial charge >= 0.3 is 0 Å². The van der Waals surface area contributed by atoms with E-state index in [0.717, 1.165) is 32.0 Å². The summed E-state index contributed by atoms with van der Waals surface area (Å²) in [5.74, 6) is 0.966. The maximum atomic E-state index is 5.50. The van der Waals surface area contributed by atoms with Gasteiger partial charge in [0.05, 0.1) is 6.61 Å². The van der Waals surface area contributed by atoms with Crippen LogP contribution in [0.4, 0.5) is 0 Å². The highest BCUT2D eigenvalue weighted by atomic mass is 16.5. The van der Waals surface area contributed by atoms with E-state index in [1.54, 1.807) is 0 Å². The SMILES string of the molecule is CCOc1cccc(CNC2CCCNC2)c1. The van der Waals surface area contributed by atoms with E-state index in [9.17, 15) is 0 Å². The molecule has 3 nitrogen and oxygen atoms in total. The average molecular weight is 234 g/mol. The fourth-order valence-corrected chi connectivity index (χ4v) is 2.20. The molecule has 2 rings (SSSR count). The van der Waals surface area contributed by atoms with Crippen molar-refractivity contribution in [3.8, 4) is 5.75 Å². The summed E-state index contributed by atoms with van der Waals surface area (Å²) in [4.78, 5) is 0. The van der Waals surface area contributed by atoms with Gasteiger partial charge in [0.15, 0.2) is 0 Å². The largest absolute Gasteiger partial charge is 0.494 e. The second kappa shape index (κ2) is 6.62. The smallest absolute Gasteiger partial charge is 0.119 e. The highest BCUT2D eigenvalue weighted by Gasteiger charge is 2.11. The zero-order valence-corrected chi connectivity index (χ0v) is 10.5. The van der Waals surface area contributed by atoms with Crippen molar-refractivity contribution < 1.29 is 4.74 Å². The maximum absolute atomic E-state index is 5.50. The summed E-state index contributed by atoms with van der Waals surface area (Å²) >= 11 is 0. The molecule has 1 aromatic carbocycles. The Morgan fingerprint density at radius 2 is 2.41 bits per heavy atom. The summed E-state index contributed by atoms with van der Waals surface area (Å²) in [6.45, 7) is 5.92. The van der Waals surface area contributed by atoms with E-state index < -0.39 is 0 Å². The Hall–Kier alpha value is -1.06. The topological polar surface area (TPSA) is 33.3 Å². The lowest BCUT2D eigenvalue weighted by molar-refractivity contribution is 0.339. The lowest BCUT2D eigenvalue weighted by Gasteiger charge is -2.24. The zero-order chi connectivity index (χ0) is 11.9. The lowest BCUT2D eigenvalue weighted by atomic mass is 10.1. The molecular weight excluding hydrogens is 212 g/mol. The Balaban J connectivity index is 1.83. The van der Waals surface area contributed by atoms with Crippen molar-refractivity contribution >= 4 is 0 Å². The van der Waals surface area contributed by atoms with Crippen LogP contribution in [0.5, 0.6) is 5.75 Å². The van der Waals surface area contributed by atoms with Crippen LogP contribution in [0.15, 0.2) is 24.3 Å². The second-order valence-electron chi connectivity index (χ2n) is 4.50. The number of benzene rings is 1. The third kappa shape index (κ3) is 4.02. The van der Waals surface area contributed by atoms with Crippen LogP contribution in [0.1, 0.15) is 25.3 Å². The third-order valence-electron chi connectivity index (χ3n) is 3.10. The number of piperidine rings is 1. The van der Waals surface area contributed by atoms with E-state index in [1.165, 1.54) is 18.4 Å². The van der Waals surface area contributed by atoms with Gasteiger partial charge in [-0.15, -0.1) is 0 Å². The molecule has 1 aliphatic heterocycles. The molecule has 0 aromatic heterocycles. The van der Waals surface area contributed by atoms with Crippen LogP contribution < -0.4 is 15.4 Å². The Labute approximate surface area is 104 Å². The molecule has 94 valence electrons. The first-order valence-corrected chi connectivity index (χ1v) is 6.54. The maximum Gasteiger partial charge on any atom is 0.119 e. The number of nitrogens with one attached hydrogen (secondary N) is 2. The van der Waals surface area contributed by atoms with Crippen molar-refractivity contribution in [2.75, 3.05) is 19.7 Å². The predicted octanol–water partition coefficient (Wildman–Crippen LogP) is 1.93. The predicted molar refractivity (Wildman–Crippen MR) is 70.3 cm³/mol. The molecule has 0 spiro atoms. The van der Waals surface area contributed by atoms with E-state index >= 15 is 0 Å². The molecule has 0 saturated carbocycles. The van der Waals surface area contributed by atoms with Crippen molar-refractivity contribution in [2.24, 2.45) is 0 Å². The zero-order valence-electron chi connectivity index (χ0n) is 10.5. The number of ether oxygens (including phenoxy) is 1. The lowest BCUT2D eigenvalue weighted by Crippen LogP contribution is -2.42. The fraction of sp³-hybridized carbons (Fsp3) is 0.571. The summed E-state index contributed by atoms with van der Waals surface area (Å²) < 4.78 is 5.50. The Morgan fingerprint density at radius 1 is 1.47 bits per heavy atom. The standard InChI is InChI=1S/C14H22N2O/c1-2-17-14-7-3-5-12(9-14)10-16-13-6-4-8-15-11-13/h3,5,7,9,13,15-16H,2,4,6,8,10-11H2,1H3. The molecule has 1 fully saturated rings. The fourth-order valence-electron chi connectivity index (χ4n) is 2.20. The summed E-state index contributed by atoms with van der Waals surface area (Å²) in [6, 6.07) is 8.94. The monoisotopic (exact) mass is 234 g/mol. The molecule has 0 aliphatic carbocycles. The number of hydrogen-bond acceptors (Lipinski definition) is 3. The molecule has 1 heterocycles. The van der Waals surface area contributed by atoms with Crippen molar-refractivity contribution in [3.05, 3.63) is 29.8 Å². The number of rotatable bonds is 5. The summed E-state index contributed by atoms with van der Waals surface area (Å²) in [5, 5.41) is 7.00. The van der Waals surface area contributed by atoms with Crippen molar-refractivity contribution in [1.29, 1.82) is 0 Å². The molecule has 0 amide bonds. The first kappa shape index (κ1) is 12.4. The number of hydrogen-bond donors (Lipinski definition) is 2. The van der Waals surface area contributed by atoms with E-state index in [4.69, 9.17) is 4.74 Å². The Bertz CT molecular complexity index is 335. The quantitative estimate of drug-likeness (QED) is 0.816. The first-order valence-electron chi connectivity index (χ1n) is 6.54. The molecule has 1 atom stereocenters. The highest BCUT2D eigenvalue weighted by Crippen LogP contribution is 2.13. The van der Waals surface area contributed by atoms with Gasteiger partial charge in [0, 0.05) is 19.1 Å². The van der Waals surface area contributed by atoms with Crippen molar-refractivity contribution in [3.63, 3.8) is 0 Å². The minimum absolute atomic E-state index is 0.611. The van der Waals surface area contributed by atoms with Gasteiger partial charge in [-0.2, -0.15) is 0 Å². The van der Waals surface area contributed by atoms with Gasteiger partial charge < -0.3 is 15.4 Å². The third-order valence-corrected chi connectivity index (χ3v) is 3.10. The molecule has 1 unspecified atom stereocenters. The molecule has 0 radical (unpaired) electrons. The summed E-state index contributed by atoms with van der Waals surface area (Å²) in [7, 11) is 0. The van der Waals surface area contributed by atoms with Gasteiger partial charge in [-0.3, -0.25) is 0 Å². The summed E-state index contributed by atoms with van der Waals surface area (Å²) in [6.07, 6.45) is 2.55. The molecule has 2 N–H and O–H groups in total. The molecule has 1 aliphatic rings. The van der Waals surface area contributed by atoms with Crippen LogP contribution in [-0.2, 0) is 6.54 Å². The Morgan fingerprint density at radius 3 is 3.18 bits per heavy atom. The van der Waals surface area contributed by atoms with E-state index in [-0.39, 0.29) is 0 Å². The Kier molecular flexibility index (Phi) is 4.83. The van der Waals surface area contributed by atoms with Crippen LogP contribution in [0.2, 0.25) is 0 Å². The van der Waals surface area contributed by atoms with Crippen LogP contribution in [-0.4, -0.2) is 25.7 Å². The molecule has 0 bridgehead atoms. The molecule has 3 heteroatoms. The second-order valence-corrected chi connectivity index (χ2v) is 4.50. The van der Waals surface area contributed by atoms with Gasteiger partial charge in [-0.05, 0) is 44.0 Å². The van der Waals surface area contributed by atoms with Gasteiger partial charge in [0.1, 0.15) is 5.75 Å². The van der Waals surface area contributed by atoms with Crippen LogP contribution in [0.25, 0.3) is 0 Å². The minimum atomic E-state index is 0.611. The van der Waals surface area contributed by atoms with Crippen LogP contribution >= 0.6 is 0 Å². The molecular formula is C14H22N2O. The molecule has 1 aromatic rings. The normalized spacial score (nSPS) is 20.2. The summed E-state index contributed by atoms with van der Waals surface area (Å²) in [5.41, 5.74) is 1.29. The van der Waals surface area contributed by atoms with Crippen molar-refractivity contribution in [2.45, 2.75) is 32.4 Å². The molecule has 1 saturated heterocycles. The molecule has 17 heavy (non-hydrogen) atoms. The van der Waals surface area contributed by atoms with Gasteiger partial charge in [-0.1, -0.05) is 12.1 Å². The van der Waals surface area contributed by atoms with E-state index in [0.29, 0.717) is 6.04 Å². The van der Waals surface area contributed by atoms with Gasteiger partial charge in [-0.25, -0.2) is 0 Å². The van der Waals surface area contributed by atoms with Gasteiger partial charge in [0.2, 0.25) is 0 Å². The van der Waals surface area contributed by atoms with E-state index in [1.807, 2.05) is 13.0 Å². The minimum Gasteiger partial charge on any atom is -0.494 e. The van der Waals surface area contributed by atoms with E-state index in [2.05, 4.69) is 28.8 Å².